The Balaban J connectivity index is 2.86. The van der Waals surface area contributed by atoms with Crippen LogP contribution in [0.1, 0.15) is 17.3 Å². The quantitative estimate of drug-likeness (QED) is 0.723. The van der Waals surface area contributed by atoms with Gasteiger partial charge in [0.2, 0.25) is 0 Å². The molecule has 0 aromatic heterocycles. The minimum Gasteiger partial charge on any atom is -0.398 e. The molecule has 1 amide bonds. The van der Waals surface area contributed by atoms with Crippen LogP contribution in [0.5, 0.6) is 0 Å². The van der Waals surface area contributed by atoms with Crippen molar-refractivity contribution in [2.24, 2.45) is 0 Å². The second-order valence-corrected chi connectivity index (χ2v) is 4.20. The summed E-state index contributed by atoms with van der Waals surface area (Å²) in [7, 11) is 0. The van der Waals surface area contributed by atoms with Crippen molar-refractivity contribution in [3.05, 3.63) is 28.2 Å². The van der Waals surface area contributed by atoms with Crippen LogP contribution < -0.4 is 11.1 Å². The highest BCUT2D eigenvalue weighted by Gasteiger charge is 2.12. The molecule has 0 aliphatic heterocycles. The number of nitrogens with one attached hydrogen (secondary N) is 1. The highest BCUT2D eigenvalue weighted by molar-refractivity contribution is 9.10. The molecule has 1 aromatic rings. The lowest BCUT2D eigenvalue weighted by atomic mass is 10.1. The zero-order valence-electron chi connectivity index (χ0n) is 8.33. The third-order valence-electron chi connectivity index (χ3n) is 1.91. The number of benzene rings is 1. The predicted molar refractivity (Wildman–Crippen MR) is 62.6 cm³/mol. The van der Waals surface area contributed by atoms with Crippen LogP contribution in [0.4, 0.5) is 5.69 Å². The smallest absolute Gasteiger partial charge is 0.253 e. The number of aliphatic hydroxyl groups is 1. The normalized spacial score (nSPS) is 12.2. The molecule has 1 rings (SSSR count). The molecule has 0 bridgehead atoms. The molecule has 1 aromatic carbocycles. The number of rotatable bonds is 3. The molecule has 0 aliphatic carbocycles. The van der Waals surface area contributed by atoms with Gasteiger partial charge in [-0.3, -0.25) is 4.79 Å². The lowest BCUT2D eigenvalue weighted by Crippen LogP contribution is -2.35. The summed E-state index contributed by atoms with van der Waals surface area (Å²) in [6.07, 6.45) is 0. The van der Waals surface area contributed by atoms with Gasteiger partial charge in [0.25, 0.3) is 5.91 Å². The number of nitrogens with two attached hydrogens (primary N) is 1. The van der Waals surface area contributed by atoms with E-state index in [1.165, 1.54) is 0 Å². The monoisotopic (exact) mass is 272 g/mol. The van der Waals surface area contributed by atoms with Gasteiger partial charge in [0.15, 0.2) is 0 Å². The summed E-state index contributed by atoms with van der Waals surface area (Å²) in [4.78, 5) is 11.7. The van der Waals surface area contributed by atoms with Crippen LogP contribution in [0.3, 0.4) is 0 Å². The van der Waals surface area contributed by atoms with Crippen LogP contribution in [0.15, 0.2) is 22.7 Å². The molecule has 1 atom stereocenters. The third-order valence-corrected chi connectivity index (χ3v) is 2.40. The molecule has 4 nitrogen and oxygen atoms in total. The van der Waals surface area contributed by atoms with E-state index in [0.29, 0.717) is 11.3 Å². The van der Waals surface area contributed by atoms with Gasteiger partial charge in [0, 0.05) is 16.2 Å². The lowest BCUT2D eigenvalue weighted by molar-refractivity contribution is 0.0923. The zero-order valence-corrected chi connectivity index (χ0v) is 9.91. The van der Waals surface area contributed by atoms with Crippen molar-refractivity contribution < 1.29 is 9.90 Å². The Morgan fingerprint density at radius 1 is 1.67 bits per heavy atom. The SMILES string of the molecule is CC(CO)NC(=O)c1cc(Br)ccc1N. The first-order valence-corrected chi connectivity index (χ1v) is 5.30. The minimum absolute atomic E-state index is 0.0976. The molecule has 0 saturated carbocycles. The second kappa shape index (κ2) is 5.14. The second-order valence-electron chi connectivity index (χ2n) is 3.29. The highest BCUT2D eigenvalue weighted by Crippen LogP contribution is 2.18. The number of nitrogen functional groups attached to an aromatic ring is 1. The van der Waals surface area contributed by atoms with Crippen molar-refractivity contribution in [1.82, 2.24) is 5.32 Å². The van der Waals surface area contributed by atoms with Crippen LogP contribution >= 0.6 is 15.9 Å². The molecule has 0 saturated heterocycles. The van der Waals surface area contributed by atoms with Crippen molar-refractivity contribution in [2.75, 3.05) is 12.3 Å². The maximum Gasteiger partial charge on any atom is 0.253 e. The minimum atomic E-state index is -0.282. The van der Waals surface area contributed by atoms with E-state index in [0.717, 1.165) is 4.47 Å². The Bertz CT molecular complexity index is 368. The van der Waals surface area contributed by atoms with Crippen LogP contribution in [0.2, 0.25) is 0 Å². The van der Waals surface area contributed by atoms with Crippen LogP contribution in [0.25, 0.3) is 0 Å². The molecule has 0 spiro atoms. The zero-order chi connectivity index (χ0) is 11.4. The van der Waals surface area contributed by atoms with Crippen LogP contribution in [0, 0.1) is 0 Å². The largest absolute Gasteiger partial charge is 0.398 e. The summed E-state index contributed by atoms with van der Waals surface area (Å²) in [5.41, 5.74) is 6.49. The van der Waals surface area contributed by atoms with Crippen molar-refractivity contribution in [3.8, 4) is 0 Å². The number of hydrogen-bond donors (Lipinski definition) is 3. The highest BCUT2D eigenvalue weighted by atomic mass is 79.9. The average molecular weight is 273 g/mol. The summed E-state index contributed by atoms with van der Waals surface area (Å²) >= 11 is 3.26. The standard InChI is InChI=1S/C10H13BrN2O2/c1-6(5-14)13-10(15)8-4-7(11)2-3-9(8)12/h2-4,6,14H,5,12H2,1H3,(H,13,15). The fourth-order valence-corrected chi connectivity index (χ4v) is 1.43. The van der Waals surface area contributed by atoms with E-state index < -0.39 is 0 Å². The van der Waals surface area contributed by atoms with Gasteiger partial charge in [-0.15, -0.1) is 0 Å². The Kier molecular flexibility index (Phi) is 4.11. The molecule has 0 fully saturated rings. The fourth-order valence-electron chi connectivity index (χ4n) is 1.07. The average Bonchev–Trinajstić information content (AvgIpc) is 2.21. The van der Waals surface area contributed by atoms with Crippen molar-refractivity contribution >= 4 is 27.5 Å². The maximum absolute atomic E-state index is 11.7. The lowest BCUT2D eigenvalue weighted by Gasteiger charge is -2.12. The van der Waals surface area contributed by atoms with Crippen LogP contribution in [-0.2, 0) is 0 Å². The molecule has 1 unspecified atom stereocenters. The first-order valence-electron chi connectivity index (χ1n) is 4.51. The topological polar surface area (TPSA) is 75.3 Å². The van der Waals surface area contributed by atoms with E-state index in [1.807, 2.05) is 0 Å². The number of halogens is 1. The molecule has 0 heterocycles. The van der Waals surface area contributed by atoms with Gasteiger partial charge < -0.3 is 16.2 Å². The molecule has 0 radical (unpaired) electrons. The van der Waals surface area contributed by atoms with Gasteiger partial charge in [0.05, 0.1) is 12.2 Å². The van der Waals surface area contributed by atoms with E-state index in [4.69, 9.17) is 10.8 Å². The van der Waals surface area contributed by atoms with E-state index in [2.05, 4.69) is 21.2 Å². The summed E-state index contributed by atoms with van der Waals surface area (Å²) in [6.45, 7) is 1.62. The van der Waals surface area contributed by atoms with E-state index in [-0.39, 0.29) is 18.6 Å². The van der Waals surface area contributed by atoms with Crippen molar-refractivity contribution in [2.45, 2.75) is 13.0 Å². The van der Waals surface area contributed by atoms with Gasteiger partial charge in [-0.2, -0.15) is 0 Å². The Morgan fingerprint density at radius 2 is 2.33 bits per heavy atom. The van der Waals surface area contributed by atoms with E-state index in [1.54, 1.807) is 25.1 Å². The molecule has 82 valence electrons. The summed E-state index contributed by atoms with van der Waals surface area (Å²) in [5, 5.41) is 11.4. The fraction of sp³-hybridized carbons (Fsp3) is 0.300. The number of carbonyl (C=O) groups is 1. The van der Waals surface area contributed by atoms with Crippen molar-refractivity contribution in [1.29, 1.82) is 0 Å². The molecule has 4 N–H and O–H groups in total. The number of aliphatic hydroxyl groups excluding tert-OH is 1. The van der Waals surface area contributed by atoms with Gasteiger partial charge >= 0.3 is 0 Å². The van der Waals surface area contributed by atoms with Crippen molar-refractivity contribution in [3.63, 3.8) is 0 Å². The molecule has 0 aliphatic rings. The Morgan fingerprint density at radius 3 is 2.93 bits per heavy atom. The Hall–Kier alpha value is -1.07. The number of carbonyl (C=O) groups excluding carboxylic acids is 1. The molecule has 15 heavy (non-hydrogen) atoms. The summed E-state index contributed by atoms with van der Waals surface area (Å²) < 4.78 is 0.790. The third kappa shape index (κ3) is 3.21. The molecular weight excluding hydrogens is 260 g/mol. The summed E-state index contributed by atoms with van der Waals surface area (Å²) in [6, 6.07) is 4.79. The predicted octanol–water partition coefficient (Wildman–Crippen LogP) is 1.14. The first-order chi connectivity index (χ1) is 7.04. The summed E-state index contributed by atoms with van der Waals surface area (Å²) in [5.74, 6) is -0.282. The Labute approximate surface area is 96.6 Å². The van der Waals surface area contributed by atoms with Gasteiger partial charge in [-0.05, 0) is 25.1 Å². The van der Waals surface area contributed by atoms with Gasteiger partial charge in [0.1, 0.15) is 0 Å². The van der Waals surface area contributed by atoms with E-state index >= 15 is 0 Å². The number of anilines is 1. The number of amides is 1. The van der Waals surface area contributed by atoms with Gasteiger partial charge in [-0.1, -0.05) is 15.9 Å². The van der Waals surface area contributed by atoms with Crippen LogP contribution in [-0.4, -0.2) is 23.7 Å². The number of hydrogen-bond acceptors (Lipinski definition) is 3. The van der Waals surface area contributed by atoms with Gasteiger partial charge in [-0.25, -0.2) is 0 Å². The molecular formula is C10H13BrN2O2. The van der Waals surface area contributed by atoms with E-state index in [9.17, 15) is 4.79 Å². The maximum atomic E-state index is 11.7. The first kappa shape index (κ1) is 12.0. The molecule has 5 heteroatoms.